The van der Waals surface area contributed by atoms with Gasteiger partial charge in [0.15, 0.2) is 23.3 Å². The fourth-order valence-corrected chi connectivity index (χ4v) is 4.88. The van der Waals surface area contributed by atoms with Crippen LogP contribution in [0.3, 0.4) is 0 Å². The number of carbonyl (C=O) groups excluding carboxylic acids is 3. The van der Waals surface area contributed by atoms with Crippen LogP contribution in [0.25, 0.3) is 11.1 Å². The van der Waals surface area contributed by atoms with E-state index in [0.29, 0.717) is 6.42 Å². The number of phenolic OH excluding ortho intramolecular Hbond substituents is 2. The minimum absolute atomic E-state index is 0.0818. The highest BCUT2D eigenvalue weighted by Crippen LogP contribution is 2.58. The summed E-state index contributed by atoms with van der Waals surface area (Å²) in [7, 11) is 0. The summed E-state index contributed by atoms with van der Waals surface area (Å²) in [6.45, 7) is 5.36. The number of Topliss-reactive ketones (excluding diaryl/α,β-unsaturated/α-hetero) is 1. The van der Waals surface area contributed by atoms with Gasteiger partial charge < -0.3 is 19.7 Å². The molecule has 1 fully saturated rings. The molecule has 1 aliphatic heterocycles. The van der Waals surface area contributed by atoms with Gasteiger partial charge in [0.25, 0.3) is 0 Å². The molecule has 0 unspecified atom stereocenters. The number of hydrogen-bond donors (Lipinski definition) is 2. The lowest BCUT2D eigenvalue weighted by Gasteiger charge is -2.28. The van der Waals surface area contributed by atoms with Crippen molar-refractivity contribution in [3.63, 3.8) is 0 Å². The van der Waals surface area contributed by atoms with Crippen molar-refractivity contribution >= 4 is 17.5 Å². The lowest BCUT2D eigenvalue weighted by molar-refractivity contribution is -0.155. The standard InChI is InChI=1S/C24H22O7/c1-4-6-10(2)23(29)30-20-16-12(21(28)24(3)22(20)31-24)9-14(26)17-15-11(19(27)18(16)17)7-5-8-13(15)25/h5,7-10,20,22,25-26H,4,6H2,1-3H3/t10-,20+,22-,24+/m0/s1. The Kier molecular flexibility index (Phi) is 4.08. The molecular formula is C24H22O7. The molecule has 0 bridgehead atoms. The second kappa shape index (κ2) is 6.40. The minimum Gasteiger partial charge on any atom is -0.507 e. The van der Waals surface area contributed by atoms with E-state index in [9.17, 15) is 24.6 Å². The predicted molar refractivity (Wildman–Crippen MR) is 109 cm³/mol. The zero-order valence-corrected chi connectivity index (χ0v) is 17.4. The third-order valence-electron chi connectivity index (χ3n) is 6.59. The maximum Gasteiger partial charge on any atom is 0.309 e. The number of fused-ring (bicyclic) bond motifs is 6. The van der Waals surface area contributed by atoms with Crippen molar-refractivity contribution in [1.29, 1.82) is 0 Å². The molecule has 0 aromatic heterocycles. The van der Waals surface area contributed by atoms with E-state index in [0.717, 1.165) is 6.42 Å². The van der Waals surface area contributed by atoms with E-state index >= 15 is 0 Å². The largest absolute Gasteiger partial charge is 0.507 e. The summed E-state index contributed by atoms with van der Waals surface area (Å²) in [5.41, 5.74) is -0.145. The van der Waals surface area contributed by atoms with Gasteiger partial charge in [-0.3, -0.25) is 14.4 Å². The molecule has 5 rings (SSSR count). The summed E-state index contributed by atoms with van der Waals surface area (Å²) in [5, 5.41) is 21.1. The molecule has 7 heteroatoms. The van der Waals surface area contributed by atoms with E-state index in [1.807, 2.05) is 6.92 Å². The molecule has 2 aromatic rings. The molecule has 2 aromatic carbocycles. The van der Waals surface area contributed by atoms with E-state index < -0.39 is 29.6 Å². The van der Waals surface area contributed by atoms with Gasteiger partial charge in [0.2, 0.25) is 0 Å². The summed E-state index contributed by atoms with van der Waals surface area (Å²) < 4.78 is 11.5. The summed E-state index contributed by atoms with van der Waals surface area (Å²) in [6.07, 6.45) is -0.209. The van der Waals surface area contributed by atoms with Crippen LogP contribution in [0.4, 0.5) is 0 Å². The van der Waals surface area contributed by atoms with Crippen molar-refractivity contribution in [3.8, 4) is 22.6 Å². The fourth-order valence-electron chi connectivity index (χ4n) is 4.88. The number of aromatic hydroxyl groups is 2. The SMILES string of the molecule is CCC[C@H](C)C(=O)O[C@@H]1c2c(cc(O)c3c2C(=O)c2cccc(O)c2-3)C(=O)[C@@]2(C)O[C@@H]12. The highest BCUT2D eigenvalue weighted by molar-refractivity contribution is 6.26. The lowest BCUT2D eigenvalue weighted by atomic mass is 9.78. The number of carbonyl (C=O) groups is 3. The molecule has 31 heavy (non-hydrogen) atoms. The van der Waals surface area contributed by atoms with Crippen molar-refractivity contribution in [2.75, 3.05) is 0 Å². The average molecular weight is 422 g/mol. The molecule has 1 saturated heterocycles. The molecule has 2 N–H and O–H groups in total. The van der Waals surface area contributed by atoms with Gasteiger partial charge in [-0.05, 0) is 25.5 Å². The Bertz CT molecular complexity index is 1180. The van der Waals surface area contributed by atoms with Gasteiger partial charge in [0.1, 0.15) is 17.6 Å². The van der Waals surface area contributed by atoms with Crippen molar-refractivity contribution in [3.05, 3.63) is 46.5 Å². The van der Waals surface area contributed by atoms with Crippen LogP contribution in [0.15, 0.2) is 24.3 Å². The Hall–Kier alpha value is -3.19. The number of ether oxygens (including phenoxy) is 2. The quantitative estimate of drug-likeness (QED) is 0.487. The van der Waals surface area contributed by atoms with Crippen LogP contribution in [0.5, 0.6) is 11.5 Å². The first kappa shape index (κ1) is 19.8. The number of esters is 1. The Morgan fingerprint density at radius 3 is 2.61 bits per heavy atom. The maximum absolute atomic E-state index is 13.3. The zero-order valence-electron chi connectivity index (χ0n) is 17.4. The Morgan fingerprint density at radius 2 is 1.90 bits per heavy atom. The fraction of sp³-hybridized carbons (Fsp3) is 0.375. The number of ketones is 2. The first-order chi connectivity index (χ1) is 14.7. The van der Waals surface area contributed by atoms with Gasteiger partial charge in [-0.1, -0.05) is 32.4 Å². The molecule has 1 heterocycles. The zero-order chi connectivity index (χ0) is 22.2. The molecule has 160 valence electrons. The molecule has 2 aliphatic carbocycles. The Morgan fingerprint density at radius 1 is 1.16 bits per heavy atom. The highest BCUT2D eigenvalue weighted by Gasteiger charge is 2.68. The van der Waals surface area contributed by atoms with E-state index in [1.54, 1.807) is 19.9 Å². The first-order valence-electron chi connectivity index (χ1n) is 10.4. The van der Waals surface area contributed by atoms with Crippen molar-refractivity contribution < 1.29 is 34.1 Å². The Labute approximate surface area is 178 Å². The van der Waals surface area contributed by atoms with Gasteiger partial charge in [0.05, 0.1) is 5.92 Å². The van der Waals surface area contributed by atoms with E-state index in [1.165, 1.54) is 18.2 Å². The summed E-state index contributed by atoms with van der Waals surface area (Å²) in [5.74, 6) is -2.03. The maximum atomic E-state index is 13.3. The topological polar surface area (TPSA) is 113 Å². The molecule has 3 aliphatic rings. The third kappa shape index (κ3) is 2.53. The number of benzene rings is 2. The van der Waals surface area contributed by atoms with Crippen LogP contribution in [0, 0.1) is 5.92 Å². The molecule has 0 spiro atoms. The van der Waals surface area contributed by atoms with Crippen LogP contribution in [0.2, 0.25) is 0 Å². The van der Waals surface area contributed by atoms with E-state index in [2.05, 4.69) is 0 Å². The number of phenols is 2. The normalized spacial score (nSPS) is 25.9. The molecule has 0 amide bonds. The smallest absolute Gasteiger partial charge is 0.309 e. The minimum atomic E-state index is -1.16. The van der Waals surface area contributed by atoms with Crippen LogP contribution >= 0.6 is 0 Å². The van der Waals surface area contributed by atoms with Crippen molar-refractivity contribution in [2.24, 2.45) is 5.92 Å². The number of rotatable bonds is 4. The van der Waals surface area contributed by atoms with Crippen molar-refractivity contribution in [2.45, 2.75) is 51.4 Å². The van der Waals surface area contributed by atoms with Crippen LogP contribution < -0.4 is 0 Å². The monoisotopic (exact) mass is 422 g/mol. The van der Waals surface area contributed by atoms with Gasteiger partial charge in [-0.2, -0.15) is 0 Å². The van der Waals surface area contributed by atoms with Crippen LogP contribution in [0.1, 0.15) is 71.6 Å². The molecular weight excluding hydrogens is 400 g/mol. The van der Waals surface area contributed by atoms with Crippen molar-refractivity contribution in [1.82, 2.24) is 0 Å². The Balaban J connectivity index is 1.72. The van der Waals surface area contributed by atoms with Gasteiger partial charge >= 0.3 is 5.97 Å². The molecule has 0 radical (unpaired) electrons. The van der Waals surface area contributed by atoms with E-state index in [4.69, 9.17) is 9.47 Å². The van der Waals surface area contributed by atoms with E-state index in [-0.39, 0.29) is 56.6 Å². The molecule has 0 saturated carbocycles. The van der Waals surface area contributed by atoms with Crippen LogP contribution in [-0.2, 0) is 14.3 Å². The van der Waals surface area contributed by atoms with Gasteiger partial charge in [0, 0.05) is 33.4 Å². The summed E-state index contributed by atoms with van der Waals surface area (Å²) in [4.78, 5) is 39.2. The molecule has 4 atom stereocenters. The third-order valence-corrected chi connectivity index (χ3v) is 6.59. The summed E-state index contributed by atoms with van der Waals surface area (Å²) in [6, 6.07) is 5.80. The number of epoxide rings is 1. The lowest BCUT2D eigenvalue weighted by Crippen LogP contribution is -2.36. The summed E-state index contributed by atoms with van der Waals surface area (Å²) >= 11 is 0. The van der Waals surface area contributed by atoms with Gasteiger partial charge in [-0.15, -0.1) is 0 Å². The second-order valence-corrected chi connectivity index (χ2v) is 8.66. The van der Waals surface area contributed by atoms with Gasteiger partial charge in [-0.25, -0.2) is 0 Å². The predicted octanol–water partition coefficient (Wildman–Crippen LogP) is 3.68. The average Bonchev–Trinajstić information content (AvgIpc) is 3.34. The second-order valence-electron chi connectivity index (χ2n) is 8.66. The highest BCUT2D eigenvalue weighted by atomic mass is 16.6. The number of hydrogen-bond acceptors (Lipinski definition) is 7. The first-order valence-corrected chi connectivity index (χ1v) is 10.4. The van der Waals surface area contributed by atoms with Crippen LogP contribution in [-0.4, -0.2) is 39.5 Å². The molecule has 7 nitrogen and oxygen atoms in total.